The lowest BCUT2D eigenvalue weighted by atomic mass is 9.97. The smallest absolute Gasteiger partial charge is 0.0154 e. The van der Waals surface area contributed by atoms with Crippen LogP contribution in [0.2, 0.25) is 0 Å². The molecule has 0 aliphatic heterocycles. The van der Waals surface area contributed by atoms with Gasteiger partial charge in [0.2, 0.25) is 0 Å². The zero-order valence-corrected chi connectivity index (χ0v) is 9.77. The van der Waals surface area contributed by atoms with E-state index in [1.807, 2.05) is 6.07 Å². The summed E-state index contributed by atoms with van der Waals surface area (Å²) in [5.74, 6) is 0. The molecule has 0 saturated carbocycles. The Morgan fingerprint density at radius 2 is 1.38 bits per heavy atom. The summed E-state index contributed by atoms with van der Waals surface area (Å²) >= 11 is 0. The second-order valence-corrected chi connectivity index (χ2v) is 3.93. The van der Waals surface area contributed by atoms with E-state index >= 15 is 0 Å². The molecule has 16 heavy (non-hydrogen) atoms. The molecule has 0 radical (unpaired) electrons. The number of benzene rings is 2. The van der Waals surface area contributed by atoms with Gasteiger partial charge in [-0.1, -0.05) is 66.2 Å². The summed E-state index contributed by atoms with van der Waals surface area (Å²) in [5, 5.41) is 0. The standard InChI is InChI=1S/C16H16/c1-3-16(14-7-5-4-6-8-14)15-11-9-13(2)10-12-15/h3-12H,1-2H3/b16-3-. The van der Waals surface area contributed by atoms with E-state index in [9.17, 15) is 0 Å². The molecule has 0 amide bonds. The van der Waals surface area contributed by atoms with Gasteiger partial charge in [0.15, 0.2) is 0 Å². The van der Waals surface area contributed by atoms with E-state index in [4.69, 9.17) is 0 Å². The van der Waals surface area contributed by atoms with E-state index in [-0.39, 0.29) is 0 Å². The fourth-order valence-electron chi connectivity index (χ4n) is 1.85. The van der Waals surface area contributed by atoms with Crippen LogP contribution in [0, 0.1) is 6.92 Å². The second kappa shape index (κ2) is 4.80. The van der Waals surface area contributed by atoms with E-state index in [0.29, 0.717) is 0 Å². The summed E-state index contributed by atoms with van der Waals surface area (Å²) in [6, 6.07) is 19.2. The van der Waals surface area contributed by atoms with Crippen molar-refractivity contribution in [2.24, 2.45) is 0 Å². The predicted molar refractivity (Wildman–Crippen MR) is 70.4 cm³/mol. The molecule has 0 N–H and O–H groups in total. The van der Waals surface area contributed by atoms with Crippen molar-refractivity contribution in [1.29, 1.82) is 0 Å². The molecule has 0 atom stereocenters. The monoisotopic (exact) mass is 208 g/mol. The molecule has 0 spiro atoms. The maximum Gasteiger partial charge on any atom is -0.0154 e. The minimum atomic E-state index is 1.27. The van der Waals surface area contributed by atoms with Gasteiger partial charge in [0.05, 0.1) is 0 Å². The molecule has 0 aliphatic carbocycles. The third-order valence-corrected chi connectivity index (χ3v) is 2.74. The van der Waals surface area contributed by atoms with E-state index < -0.39 is 0 Å². The van der Waals surface area contributed by atoms with Crippen molar-refractivity contribution < 1.29 is 0 Å². The van der Waals surface area contributed by atoms with Crippen LogP contribution in [0.25, 0.3) is 5.57 Å². The highest BCUT2D eigenvalue weighted by atomic mass is 14.1. The quantitative estimate of drug-likeness (QED) is 0.684. The molecule has 80 valence electrons. The van der Waals surface area contributed by atoms with Gasteiger partial charge in [-0.3, -0.25) is 0 Å². The van der Waals surface area contributed by atoms with Crippen molar-refractivity contribution in [3.63, 3.8) is 0 Å². The highest BCUT2D eigenvalue weighted by Gasteiger charge is 2.02. The first-order valence-corrected chi connectivity index (χ1v) is 5.60. The zero-order chi connectivity index (χ0) is 11.4. The van der Waals surface area contributed by atoms with Crippen LogP contribution < -0.4 is 0 Å². The number of hydrogen-bond acceptors (Lipinski definition) is 0. The maximum atomic E-state index is 2.18. The third kappa shape index (κ3) is 2.22. The van der Waals surface area contributed by atoms with Gasteiger partial charge in [-0.05, 0) is 30.5 Å². The van der Waals surface area contributed by atoms with Crippen LogP contribution in [0.1, 0.15) is 23.6 Å². The fraction of sp³-hybridized carbons (Fsp3) is 0.125. The second-order valence-electron chi connectivity index (χ2n) is 3.93. The average molecular weight is 208 g/mol. The minimum Gasteiger partial charge on any atom is -0.0792 e. The first-order valence-electron chi connectivity index (χ1n) is 5.60. The third-order valence-electron chi connectivity index (χ3n) is 2.74. The molecule has 0 saturated heterocycles. The molecule has 0 nitrogen and oxygen atoms in total. The number of hydrogen-bond donors (Lipinski definition) is 0. The zero-order valence-electron chi connectivity index (χ0n) is 9.77. The van der Waals surface area contributed by atoms with Gasteiger partial charge in [0.1, 0.15) is 0 Å². The Kier molecular flexibility index (Phi) is 3.21. The first kappa shape index (κ1) is 10.7. The van der Waals surface area contributed by atoms with Gasteiger partial charge in [-0.25, -0.2) is 0 Å². The average Bonchev–Trinajstić information content (AvgIpc) is 2.34. The van der Waals surface area contributed by atoms with Crippen LogP contribution in [0.3, 0.4) is 0 Å². The molecular weight excluding hydrogens is 192 g/mol. The summed E-state index contributed by atoms with van der Waals surface area (Å²) in [6.45, 7) is 4.20. The molecule has 0 heteroatoms. The summed E-state index contributed by atoms with van der Waals surface area (Å²) in [7, 11) is 0. The molecule has 2 aromatic rings. The summed E-state index contributed by atoms with van der Waals surface area (Å²) in [4.78, 5) is 0. The molecule has 2 rings (SSSR count). The molecule has 0 heterocycles. The Bertz CT molecular complexity index is 475. The predicted octanol–water partition coefficient (Wildman–Crippen LogP) is 4.45. The highest BCUT2D eigenvalue weighted by molar-refractivity contribution is 5.79. The van der Waals surface area contributed by atoms with Crippen molar-refractivity contribution in [3.05, 3.63) is 77.4 Å². The SMILES string of the molecule is C/C=C(/c1ccccc1)c1ccc(C)cc1. The van der Waals surface area contributed by atoms with Crippen molar-refractivity contribution in [1.82, 2.24) is 0 Å². The van der Waals surface area contributed by atoms with E-state index in [0.717, 1.165) is 0 Å². The first-order chi connectivity index (χ1) is 7.81. The number of rotatable bonds is 2. The molecular formula is C16H16. The van der Waals surface area contributed by atoms with E-state index in [1.165, 1.54) is 22.3 Å². The Morgan fingerprint density at radius 3 is 1.94 bits per heavy atom. The lowest BCUT2D eigenvalue weighted by Gasteiger charge is -2.07. The van der Waals surface area contributed by atoms with Crippen LogP contribution in [0.4, 0.5) is 0 Å². The van der Waals surface area contributed by atoms with Crippen LogP contribution in [0.5, 0.6) is 0 Å². The molecule has 0 unspecified atom stereocenters. The van der Waals surface area contributed by atoms with Gasteiger partial charge < -0.3 is 0 Å². The van der Waals surface area contributed by atoms with Crippen molar-refractivity contribution in [2.75, 3.05) is 0 Å². The van der Waals surface area contributed by atoms with Crippen LogP contribution in [0.15, 0.2) is 60.7 Å². The molecule has 2 aromatic carbocycles. The highest BCUT2D eigenvalue weighted by Crippen LogP contribution is 2.23. The number of aryl methyl sites for hydroxylation is 1. The topological polar surface area (TPSA) is 0 Å². The minimum absolute atomic E-state index is 1.27. The van der Waals surface area contributed by atoms with Gasteiger partial charge in [-0.2, -0.15) is 0 Å². The van der Waals surface area contributed by atoms with Gasteiger partial charge in [0.25, 0.3) is 0 Å². The lowest BCUT2D eigenvalue weighted by molar-refractivity contribution is 1.44. The molecule has 0 fully saturated rings. The van der Waals surface area contributed by atoms with Crippen LogP contribution >= 0.6 is 0 Å². The largest absolute Gasteiger partial charge is 0.0792 e. The summed E-state index contributed by atoms with van der Waals surface area (Å²) < 4.78 is 0. The van der Waals surface area contributed by atoms with Gasteiger partial charge in [0, 0.05) is 0 Å². The molecule has 0 aliphatic rings. The lowest BCUT2D eigenvalue weighted by Crippen LogP contribution is -1.87. The Hall–Kier alpha value is -1.82. The van der Waals surface area contributed by atoms with Crippen molar-refractivity contribution in [2.45, 2.75) is 13.8 Å². The Morgan fingerprint density at radius 1 is 0.812 bits per heavy atom. The number of allylic oxidation sites excluding steroid dienone is 1. The maximum absolute atomic E-state index is 2.18. The van der Waals surface area contributed by atoms with Gasteiger partial charge in [-0.15, -0.1) is 0 Å². The van der Waals surface area contributed by atoms with Crippen LogP contribution in [-0.2, 0) is 0 Å². The van der Waals surface area contributed by atoms with E-state index in [2.05, 4.69) is 68.5 Å². The molecule has 0 bridgehead atoms. The summed E-state index contributed by atoms with van der Waals surface area (Å²) in [6.07, 6.45) is 2.17. The molecule has 0 aromatic heterocycles. The van der Waals surface area contributed by atoms with E-state index in [1.54, 1.807) is 0 Å². The fourth-order valence-corrected chi connectivity index (χ4v) is 1.85. The van der Waals surface area contributed by atoms with Gasteiger partial charge >= 0.3 is 0 Å². The Labute approximate surface area is 97.3 Å². The normalized spacial score (nSPS) is 11.5. The van der Waals surface area contributed by atoms with Crippen molar-refractivity contribution >= 4 is 5.57 Å². The van der Waals surface area contributed by atoms with Crippen LogP contribution in [-0.4, -0.2) is 0 Å². The summed E-state index contributed by atoms with van der Waals surface area (Å²) in [5.41, 5.74) is 5.14. The Balaban J connectivity index is 2.42. The van der Waals surface area contributed by atoms with Crippen molar-refractivity contribution in [3.8, 4) is 0 Å².